The van der Waals surface area contributed by atoms with Crippen molar-refractivity contribution in [2.45, 2.75) is 26.3 Å². The van der Waals surface area contributed by atoms with Crippen LogP contribution in [-0.4, -0.2) is 33.0 Å². The molecule has 0 aliphatic carbocycles. The minimum absolute atomic E-state index is 0.709. The van der Waals surface area contributed by atoms with Crippen molar-refractivity contribution in [1.29, 1.82) is 0 Å². The van der Waals surface area contributed by atoms with Gasteiger partial charge in [-0.3, -0.25) is 0 Å². The van der Waals surface area contributed by atoms with Gasteiger partial charge in [0.15, 0.2) is 11.5 Å². The summed E-state index contributed by atoms with van der Waals surface area (Å²) in [4.78, 5) is 0. The Hall–Kier alpha value is -0.780. The van der Waals surface area contributed by atoms with Crippen LogP contribution in [0.1, 0.15) is 25.3 Å². The van der Waals surface area contributed by atoms with Gasteiger partial charge in [0, 0.05) is 26.2 Å². The SMILES string of the molecule is CCOCCCNCc1cc(Br)c2c(c1)OCCCO2. The summed E-state index contributed by atoms with van der Waals surface area (Å²) >= 11 is 3.56. The number of hydrogen-bond donors (Lipinski definition) is 1. The number of fused-ring (bicyclic) bond motifs is 1. The molecule has 0 atom stereocenters. The van der Waals surface area contributed by atoms with Gasteiger partial charge in [-0.25, -0.2) is 0 Å². The highest BCUT2D eigenvalue weighted by molar-refractivity contribution is 9.10. The second-order valence-electron chi connectivity index (χ2n) is 4.68. The molecule has 2 rings (SSSR count). The lowest BCUT2D eigenvalue weighted by Gasteiger charge is -2.12. The predicted octanol–water partition coefficient (Wildman–Crippen LogP) is 3.13. The Morgan fingerprint density at radius 3 is 3.00 bits per heavy atom. The van der Waals surface area contributed by atoms with Gasteiger partial charge in [-0.15, -0.1) is 0 Å². The van der Waals surface area contributed by atoms with Crippen molar-refractivity contribution in [3.8, 4) is 11.5 Å². The van der Waals surface area contributed by atoms with E-state index in [9.17, 15) is 0 Å². The summed E-state index contributed by atoms with van der Waals surface area (Å²) in [6, 6.07) is 4.14. The number of halogens is 1. The van der Waals surface area contributed by atoms with E-state index in [0.29, 0.717) is 13.2 Å². The lowest BCUT2D eigenvalue weighted by molar-refractivity contribution is 0.144. The van der Waals surface area contributed by atoms with E-state index in [1.165, 1.54) is 5.56 Å². The van der Waals surface area contributed by atoms with E-state index in [-0.39, 0.29) is 0 Å². The number of ether oxygens (including phenoxy) is 3. The number of benzene rings is 1. The Kier molecular flexibility index (Phi) is 6.63. The summed E-state index contributed by atoms with van der Waals surface area (Å²) in [5, 5.41) is 3.41. The fourth-order valence-corrected chi connectivity index (χ4v) is 2.67. The first kappa shape index (κ1) is 15.6. The summed E-state index contributed by atoms with van der Waals surface area (Å²) in [5.74, 6) is 1.66. The van der Waals surface area contributed by atoms with Crippen molar-refractivity contribution in [1.82, 2.24) is 5.32 Å². The van der Waals surface area contributed by atoms with Crippen LogP contribution in [0.2, 0.25) is 0 Å². The molecule has 0 aromatic heterocycles. The summed E-state index contributed by atoms with van der Waals surface area (Å²) in [5.41, 5.74) is 1.19. The zero-order chi connectivity index (χ0) is 14.2. The lowest BCUT2D eigenvalue weighted by Crippen LogP contribution is -2.16. The first-order chi connectivity index (χ1) is 9.81. The molecule has 1 N–H and O–H groups in total. The molecule has 0 bridgehead atoms. The van der Waals surface area contributed by atoms with E-state index in [0.717, 1.165) is 55.1 Å². The van der Waals surface area contributed by atoms with Gasteiger partial charge in [0.2, 0.25) is 0 Å². The lowest BCUT2D eigenvalue weighted by atomic mass is 10.2. The van der Waals surface area contributed by atoms with Crippen molar-refractivity contribution in [2.24, 2.45) is 0 Å². The monoisotopic (exact) mass is 343 g/mol. The van der Waals surface area contributed by atoms with Crippen molar-refractivity contribution in [3.63, 3.8) is 0 Å². The molecule has 1 aliphatic heterocycles. The van der Waals surface area contributed by atoms with Gasteiger partial charge in [0.1, 0.15) is 0 Å². The van der Waals surface area contributed by atoms with Crippen LogP contribution < -0.4 is 14.8 Å². The van der Waals surface area contributed by atoms with E-state index in [1.54, 1.807) is 0 Å². The number of nitrogens with one attached hydrogen (secondary N) is 1. The molecule has 1 aromatic rings. The molecule has 5 heteroatoms. The molecule has 0 spiro atoms. The molecule has 0 saturated heterocycles. The zero-order valence-electron chi connectivity index (χ0n) is 11.9. The molecule has 1 aromatic carbocycles. The van der Waals surface area contributed by atoms with Gasteiger partial charge < -0.3 is 19.5 Å². The smallest absolute Gasteiger partial charge is 0.175 e. The molecule has 0 unspecified atom stereocenters. The van der Waals surface area contributed by atoms with Crippen LogP contribution in [0.3, 0.4) is 0 Å². The van der Waals surface area contributed by atoms with Gasteiger partial charge in [-0.05, 0) is 53.5 Å². The number of hydrogen-bond acceptors (Lipinski definition) is 4. The Labute approximate surface area is 128 Å². The molecule has 20 heavy (non-hydrogen) atoms. The fourth-order valence-electron chi connectivity index (χ4n) is 2.06. The first-order valence-corrected chi connectivity index (χ1v) is 7.97. The van der Waals surface area contributed by atoms with Crippen LogP contribution in [0.25, 0.3) is 0 Å². The zero-order valence-corrected chi connectivity index (χ0v) is 13.5. The topological polar surface area (TPSA) is 39.7 Å². The van der Waals surface area contributed by atoms with Gasteiger partial charge in [0.25, 0.3) is 0 Å². The predicted molar refractivity (Wildman–Crippen MR) is 82.6 cm³/mol. The van der Waals surface area contributed by atoms with Crippen molar-refractivity contribution in [2.75, 3.05) is 33.0 Å². The Morgan fingerprint density at radius 2 is 2.15 bits per heavy atom. The second-order valence-corrected chi connectivity index (χ2v) is 5.54. The molecular formula is C15H22BrNO3. The van der Waals surface area contributed by atoms with E-state index < -0.39 is 0 Å². The van der Waals surface area contributed by atoms with Crippen molar-refractivity contribution < 1.29 is 14.2 Å². The molecule has 1 heterocycles. The van der Waals surface area contributed by atoms with Gasteiger partial charge in [-0.1, -0.05) is 0 Å². The third-order valence-corrected chi connectivity index (χ3v) is 3.63. The molecule has 4 nitrogen and oxygen atoms in total. The average Bonchev–Trinajstić information content (AvgIpc) is 2.68. The minimum atomic E-state index is 0.709. The van der Waals surface area contributed by atoms with Gasteiger partial charge in [-0.2, -0.15) is 0 Å². The maximum Gasteiger partial charge on any atom is 0.175 e. The average molecular weight is 344 g/mol. The van der Waals surface area contributed by atoms with Crippen LogP contribution in [0.5, 0.6) is 11.5 Å². The highest BCUT2D eigenvalue weighted by Crippen LogP contribution is 2.38. The summed E-state index contributed by atoms with van der Waals surface area (Å²) in [7, 11) is 0. The maximum absolute atomic E-state index is 5.73. The van der Waals surface area contributed by atoms with Crippen LogP contribution in [0.15, 0.2) is 16.6 Å². The van der Waals surface area contributed by atoms with Crippen LogP contribution in [0, 0.1) is 0 Å². The first-order valence-electron chi connectivity index (χ1n) is 7.17. The normalized spacial score (nSPS) is 14.1. The Balaban J connectivity index is 1.86. The third kappa shape index (κ3) is 4.65. The van der Waals surface area contributed by atoms with E-state index in [4.69, 9.17) is 14.2 Å². The molecule has 0 amide bonds. The quantitative estimate of drug-likeness (QED) is 0.772. The van der Waals surface area contributed by atoms with Crippen LogP contribution in [-0.2, 0) is 11.3 Å². The maximum atomic E-state index is 5.73. The summed E-state index contributed by atoms with van der Waals surface area (Å²) in [6.45, 7) is 6.81. The highest BCUT2D eigenvalue weighted by Gasteiger charge is 2.14. The molecule has 0 fully saturated rings. The summed E-state index contributed by atoms with van der Waals surface area (Å²) in [6.07, 6.45) is 1.95. The fraction of sp³-hybridized carbons (Fsp3) is 0.600. The van der Waals surface area contributed by atoms with E-state index >= 15 is 0 Å². The Morgan fingerprint density at radius 1 is 1.30 bits per heavy atom. The Bertz CT molecular complexity index is 426. The summed E-state index contributed by atoms with van der Waals surface area (Å²) < 4.78 is 17.7. The van der Waals surface area contributed by atoms with E-state index in [1.807, 2.05) is 6.92 Å². The molecule has 0 saturated carbocycles. The van der Waals surface area contributed by atoms with Crippen molar-refractivity contribution >= 4 is 15.9 Å². The van der Waals surface area contributed by atoms with Crippen LogP contribution >= 0.6 is 15.9 Å². The number of rotatable bonds is 7. The molecular weight excluding hydrogens is 322 g/mol. The standard InChI is InChI=1S/C15H22BrNO3/c1-2-18-6-3-5-17-11-12-9-13(16)15-14(10-12)19-7-4-8-20-15/h9-10,17H,2-8,11H2,1H3. The van der Waals surface area contributed by atoms with Crippen molar-refractivity contribution in [3.05, 3.63) is 22.2 Å². The molecule has 112 valence electrons. The highest BCUT2D eigenvalue weighted by atomic mass is 79.9. The van der Waals surface area contributed by atoms with Gasteiger partial charge >= 0.3 is 0 Å². The molecule has 1 aliphatic rings. The van der Waals surface area contributed by atoms with Crippen LogP contribution in [0.4, 0.5) is 0 Å². The third-order valence-electron chi connectivity index (χ3n) is 3.04. The van der Waals surface area contributed by atoms with Gasteiger partial charge in [0.05, 0.1) is 17.7 Å². The minimum Gasteiger partial charge on any atom is -0.490 e. The molecule has 0 radical (unpaired) electrons. The second kappa shape index (κ2) is 8.49. The largest absolute Gasteiger partial charge is 0.490 e. The van der Waals surface area contributed by atoms with E-state index in [2.05, 4.69) is 33.4 Å².